The van der Waals surface area contributed by atoms with Crippen molar-refractivity contribution in [2.45, 2.75) is 25.4 Å². The Kier molecular flexibility index (Phi) is 7.47. The second-order valence-corrected chi connectivity index (χ2v) is 7.98. The molecule has 8 heteroatoms. The van der Waals surface area contributed by atoms with Crippen molar-refractivity contribution in [3.8, 4) is 17.2 Å². The maximum absolute atomic E-state index is 5.43. The molecule has 0 spiro atoms. The van der Waals surface area contributed by atoms with Crippen LogP contribution in [0.15, 0.2) is 54.7 Å². The van der Waals surface area contributed by atoms with Gasteiger partial charge in [0.1, 0.15) is 5.82 Å². The van der Waals surface area contributed by atoms with Crippen molar-refractivity contribution >= 4 is 17.5 Å². The van der Waals surface area contributed by atoms with Gasteiger partial charge in [0.2, 0.25) is 11.7 Å². The fraction of sp³-hybridized carbons (Fsp3) is 0.360. The van der Waals surface area contributed by atoms with E-state index in [0.717, 1.165) is 38.2 Å². The van der Waals surface area contributed by atoms with Gasteiger partial charge < -0.3 is 24.8 Å². The summed E-state index contributed by atoms with van der Waals surface area (Å²) in [6.07, 6.45) is 3.86. The molecule has 1 aliphatic heterocycles. The Morgan fingerprint density at radius 2 is 1.64 bits per heavy atom. The number of anilines is 3. The predicted molar refractivity (Wildman–Crippen MR) is 130 cm³/mol. The van der Waals surface area contributed by atoms with Crippen LogP contribution in [0, 0.1) is 0 Å². The van der Waals surface area contributed by atoms with Gasteiger partial charge in [-0.05, 0) is 24.5 Å². The highest BCUT2D eigenvalue weighted by Crippen LogP contribution is 2.40. The Morgan fingerprint density at radius 3 is 2.27 bits per heavy atom. The van der Waals surface area contributed by atoms with Gasteiger partial charge in [0.15, 0.2) is 11.5 Å². The van der Waals surface area contributed by atoms with Crippen molar-refractivity contribution in [1.29, 1.82) is 0 Å². The third-order valence-corrected chi connectivity index (χ3v) is 5.76. The first-order valence-corrected chi connectivity index (χ1v) is 11.1. The smallest absolute Gasteiger partial charge is 0.224 e. The van der Waals surface area contributed by atoms with Crippen LogP contribution in [-0.2, 0) is 6.54 Å². The van der Waals surface area contributed by atoms with E-state index >= 15 is 0 Å². The first-order chi connectivity index (χ1) is 16.2. The number of hydrogen-bond donors (Lipinski definition) is 2. The molecule has 33 heavy (non-hydrogen) atoms. The van der Waals surface area contributed by atoms with E-state index in [1.807, 2.05) is 18.2 Å². The number of ether oxygens (including phenoxy) is 3. The van der Waals surface area contributed by atoms with Crippen LogP contribution in [0.1, 0.15) is 18.4 Å². The minimum atomic E-state index is 0.355. The van der Waals surface area contributed by atoms with E-state index in [4.69, 9.17) is 14.2 Å². The van der Waals surface area contributed by atoms with Crippen LogP contribution in [0.4, 0.5) is 17.5 Å². The van der Waals surface area contributed by atoms with Gasteiger partial charge in [0.05, 0.1) is 21.3 Å². The molecule has 0 atom stereocenters. The van der Waals surface area contributed by atoms with Crippen LogP contribution in [0.5, 0.6) is 17.2 Å². The van der Waals surface area contributed by atoms with Gasteiger partial charge in [-0.2, -0.15) is 4.98 Å². The summed E-state index contributed by atoms with van der Waals surface area (Å²) in [5, 5.41) is 6.80. The van der Waals surface area contributed by atoms with E-state index in [2.05, 4.69) is 55.8 Å². The minimum absolute atomic E-state index is 0.355. The Hall–Kier alpha value is -3.52. The highest BCUT2D eigenvalue weighted by molar-refractivity contribution is 5.66. The Morgan fingerprint density at radius 1 is 0.939 bits per heavy atom. The Bertz CT molecular complexity index is 1010. The van der Waals surface area contributed by atoms with Crippen LogP contribution < -0.4 is 24.8 Å². The minimum Gasteiger partial charge on any atom is -0.493 e. The molecule has 0 unspecified atom stereocenters. The molecule has 0 amide bonds. The maximum atomic E-state index is 5.43. The number of methoxy groups -OCH3 is 3. The zero-order chi connectivity index (χ0) is 23.0. The average molecular weight is 450 g/mol. The molecule has 174 valence electrons. The van der Waals surface area contributed by atoms with Crippen molar-refractivity contribution in [1.82, 2.24) is 14.9 Å². The maximum Gasteiger partial charge on any atom is 0.224 e. The molecular formula is C25H31N5O3. The summed E-state index contributed by atoms with van der Waals surface area (Å²) in [4.78, 5) is 11.6. The molecule has 0 radical (unpaired) electrons. The van der Waals surface area contributed by atoms with Crippen LogP contribution in [0.3, 0.4) is 0 Å². The van der Waals surface area contributed by atoms with Crippen LogP contribution >= 0.6 is 0 Å². The van der Waals surface area contributed by atoms with Crippen LogP contribution in [0.2, 0.25) is 0 Å². The fourth-order valence-electron chi connectivity index (χ4n) is 4.06. The van der Waals surface area contributed by atoms with Crippen LogP contribution in [0.25, 0.3) is 0 Å². The molecule has 1 saturated heterocycles. The van der Waals surface area contributed by atoms with Crippen molar-refractivity contribution < 1.29 is 14.2 Å². The predicted octanol–water partition coefficient (Wildman–Crippen LogP) is 4.32. The number of benzene rings is 2. The van der Waals surface area contributed by atoms with Crippen LogP contribution in [-0.4, -0.2) is 55.3 Å². The van der Waals surface area contributed by atoms with E-state index in [-0.39, 0.29) is 0 Å². The molecule has 8 nitrogen and oxygen atoms in total. The molecule has 2 aromatic carbocycles. The van der Waals surface area contributed by atoms with E-state index in [0.29, 0.717) is 35.1 Å². The third kappa shape index (κ3) is 5.84. The highest BCUT2D eigenvalue weighted by Gasteiger charge is 2.20. The van der Waals surface area contributed by atoms with Crippen molar-refractivity contribution in [3.63, 3.8) is 0 Å². The van der Waals surface area contributed by atoms with E-state index in [9.17, 15) is 0 Å². The molecule has 4 rings (SSSR count). The van der Waals surface area contributed by atoms with E-state index < -0.39 is 0 Å². The van der Waals surface area contributed by atoms with Gasteiger partial charge >= 0.3 is 0 Å². The Labute approximate surface area is 194 Å². The second kappa shape index (κ2) is 10.9. The van der Waals surface area contributed by atoms with Gasteiger partial charge in [-0.15, -0.1) is 0 Å². The van der Waals surface area contributed by atoms with Gasteiger partial charge in [-0.25, -0.2) is 4.98 Å². The number of likely N-dealkylation sites (tertiary alicyclic amines) is 1. The number of aromatic nitrogens is 2. The lowest BCUT2D eigenvalue weighted by Crippen LogP contribution is -2.38. The highest BCUT2D eigenvalue weighted by atomic mass is 16.5. The molecule has 3 aromatic rings. The van der Waals surface area contributed by atoms with Crippen molar-refractivity contribution in [2.24, 2.45) is 0 Å². The van der Waals surface area contributed by atoms with Gasteiger partial charge in [0, 0.05) is 49.7 Å². The molecule has 0 saturated carbocycles. The second-order valence-electron chi connectivity index (χ2n) is 7.98. The number of piperidine rings is 1. The molecule has 0 bridgehead atoms. The summed E-state index contributed by atoms with van der Waals surface area (Å²) in [6.45, 7) is 3.10. The molecule has 1 aromatic heterocycles. The number of rotatable bonds is 9. The first-order valence-electron chi connectivity index (χ1n) is 11.1. The number of nitrogens with one attached hydrogen (secondary N) is 2. The molecule has 2 N–H and O–H groups in total. The average Bonchev–Trinajstić information content (AvgIpc) is 2.85. The largest absolute Gasteiger partial charge is 0.493 e. The molecular weight excluding hydrogens is 418 g/mol. The summed E-state index contributed by atoms with van der Waals surface area (Å²) in [7, 11) is 4.78. The van der Waals surface area contributed by atoms with E-state index in [1.54, 1.807) is 27.5 Å². The lowest BCUT2D eigenvalue weighted by Gasteiger charge is -2.32. The molecule has 1 fully saturated rings. The SMILES string of the molecule is COc1cc(Nc2ccnc(NC3CCN(Cc4ccccc4)CC3)n2)cc(OC)c1OC. The summed E-state index contributed by atoms with van der Waals surface area (Å²) in [5.74, 6) is 3.01. The zero-order valence-corrected chi connectivity index (χ0v) is 19.4. The lowest BCUT2D eigenvalue weighted by molar-refractivity contribution is 0.211. The number of nitrogens with zero attached hydrogens (tertiary/aromatic N) is 3. The Balaban J connectivity index is 1.36. The fourth-order valence-corrected chi connectivity index (χ4v) is 4.06. The molecule has 1 aliphatic rings. The quantitative estimate of drug-likeness (QED) is 0.500. The number of hydrogen-bond acceptors (Lipinski definition) is 8. The summed E-state index contributed by atoms with van der Waals surface area (Å²) >= 11 is 0. The summed E-state index contributed by atoms with van der Waals surface area (Å²) in [6, 6.07) is 16.5. The first kappa shape index (κ1) is 22.7. The van der Waals surface area contributed by atoms with Gasteiger partial charge in [0.25, 0.3) is 0 Å². The van der Waals surface area contributed by atoms with Crippen molar-refractivity contribution in [2.75, 3.05) is 45.1 Å². The van der Waals surface area contributed by atoms with Gasteiger partial charge in [-0.3, -0.25) is 4.90 Å². The standard InChI is InChI=1S/C25H31N5O3/c1-31-21-15-20(16-22(32-2)24(21)33-3)27-23-9-12-26-25(29-23)28-19-10-13-30(14-11-19)17-18-7-5-4-6-8-18/h4-9,12,15-16,19H,10-11,13-14,17H2,1-3H3,(H2,26,27,28,29). The van der Waals surface area contributed by atoms with E-state index in [1.165, 1.54) is 5.56 Å². The van der Waals surface area contributed by atoms with Gasteiger partial charge in [-0.1, -0.05) is 30.3 Å². The normalized spacial score (nSPS) is 14.5. The molecule has 0 aliphatic carbocycles. The monoisotopic (exact) mass is 449 g/mol. The summed E-state index contributed by atoms with van der Waals surface area (Å²) in [5.41, 5.74) is 2.14. The third-order valence-electron chi connectivity index (χ3n) is 5.76. The lowest BCUT2D eigenvalue weighted by atomic mass is 10.0. The topological polar surface area (TPSA) is 80.8 Å². The zero-order valence-electron chi connectivity index (χ0n) is 19.4. The summed E-state index contributed by atoms with van der Waals surface area (Å²) < 4.78 is 16.3. The molecule has 2 heterocycles. The van der Waals surface area contributed by atoms with Crippen molar-refractivity contribution in [3.05, 3.63) is 60.3 Å².